The first kappa shape index (κ1) is 11.3. The van der Waals surface area contributed by atoms with Gasteiger partial charge in [-0.1, -0.05) is 51.1 Å². The van der Waals surface area contributed by atoms with E-state index < -0.39 is 0 Å². The summed E-state index contributed by atoms with van der Waals surface area (Å²) in [5.74, 6) is 0. The molecule has 0 aliphatic heterocycles. The van der Waals surface area contributed by atoms with Gasteiger partial charge in [0.15, 0.2) is 0 Å². The molecule has 1 aromatic rings. The minimum absolute atomic E-state index is 0.328. The lowest BCUT2D eigenvalue weighted by molar-refractivity contribution is 0.285. The molecule has 0 fully saturated rings. The van der Waals surface area contributed by atoms with Crippen LogP contribution in [0.4, 0.5) is 0 Å². The van der Waals surface area contributed by atoms with Crippen LogP contribution < -0.4 is 5.32 Å². The molecule has 1 atom stereocenters. The third-order valence-electron chi connectivity index (χ3n) is 2.75. The van der Waals surface area contributed by atoms with Crippen molar-refractivity contribution >= 4 is 0 Å². The van der Waals surface area contributed by atoms with Crippen LogP contribution in [0.3, 0.4) is 0 Å². The summed E-state index contributed by atoms with van der Waals surface area (Å²) in [4.78, 5) is 0. The monoisotopic (exact) mass is 191 g/mol. The predicted octanol–water partition coefficient (Wildman–Crippen LogP) is 3.21. The molecule has 0 radical (unpaired) electrons. The summed E-state index contributed by atoms with van der Waals surface area (Å²) in [5.41, 5.74) is 1.68. The average molecular weight is 191 g/mol. The van der Waals surface area contributed by atoms with E-state index in [1.807, 2.05) is 0 Å². The van der Waals surface area contributed by atoms with Gasteiger partial charge in [-0.3, -0.25) is 0 Å². The van der Waals surface area contributed by atoms with Gasteiger partial charge in [-0.05, 0) is 17.9 Å². The summed E-state index contributed by atoms with van der Waals surface area (Å²) in [5, 5.41) is 3.54. The van der Waals surface area contributed by atoms with Crippen LogP contribution >= 0.6 is 0 Å². The summed E-state index contributed by atoms with van der Waals surface area (Å²) >= 11 is 0. The molecule has 1 nitrogen and oxygen atoms in total. The Morgan fingerprint density at radius 3 is 2.21 bits per heavy atom. The molecule has 1 heteroatoms. The van der Waals surface area contributed by atoms with Crippen molar-refractivity contribution in [2.75, 3.05) is 0 Å². The van der Waals surface area contributed by atoms with E-state index in [-0.39, 0.29) is 0 Å². The molecule has 1 rings (SSSR count). The first-order chi connectivity index (χ1) is 6.50. The zero-order valence-corrected chi connectivity index (χ0v) is 9.67. The molecule has 0 saturated heterocycles. The maximum Gasteiger partial charge on any atom is 0.0208 e. The van der Waals surface area contributed by atoms with Crippen molar-refractivity contribution in [2.24, 2.45) is 5.41 Å². The minimum Gasteiger partial charge on any atom is -0.310 e. The molecule has 0 saturated carbocycles. The fourth-order valence-electron chi connectivity index (χ4n) is 1.17. The molecule has 0 spiro atoms. The van der Waals surface area contributed by atoms with Gasteiger partial charge in [0.1, 0.15) is 0 Å². The standard InChI is InChI=1S/C13H21N/c1-11(13(2,3)4)14-10-12-8-6-5-7-9-12/h5-9,11,14H,10H2,1-4H3/t11-/m0/s1. The Kier molecular flexibility index (Phi) is 3.70. The Labute approximate surface area is 87.5 Å². The molecular formula is C13H21N. The molecule has 78 valence electrons. The van der Waals surface area contributed by atoms with Crippen LogP contribution in [0.2, 0.25) is 0 Å². The number of benzene rings is 1. The maximum absolute atomic E-state index is 3.54. The van der Waals surface area contributed by atoms with E-state index in [1.54, 1.807) is 0 Å². The van der Waals surface area contributed by atoms with Gasteiger partial charge >= 0.3 is 0 Å². The Hall–Kier alpha value is -0.820. The van der Waals surface area contributed by atoms with Gasteiger partial charge in [0.05, 0.1) is 0 Å². The first-order valence-corrected chi connectivity index (χ1v) is 5.27. The summed E-state index contributed by atoms with van der Waals surface area (Å²) in [6.45, 7) is 9.98. The van der Waals surface area contributed by atoms with Crippen molar-refractivity contribution in [3.8, 4) is 0 Å². The van der Waals surface area contributed by atoms with E-state index in [2.05, 4.69) is 63.3 Å². The highest BCUT2D eigenvalue weighted by atomic mass is 14.9. The van der Waals surface area contributed by atoms with Crippen LogP contribution in [0.25, 0.3) is 0 Å². The van der Waals surface area contributed by atoms with Gasteiger partial charge in [-0.15, -0.1) is 0 Å². The molecular weight excluding hydrogens is 170 g/mol. The number of hydrogen-bond donors (Lipinski definition) is 1. The molecule has 0 aliphatic rings. The predicted molar refractivity (Wildman–Crippen MR) is 62.2 cm³/mol. The lowest BCUT2D eigenvalue weighted by Gasteiger charge is -2.28. The van der Waals surface area contributed by atoms with Crippen molar-refractivity contribution in [1.29, 1.82) is 0 Å². The highest BCUT2D eigenvalue weighted by molar-refractivity contribution is 5.14. The van der Waals surface area contributed by atoms with Crippen LogP contribution in [0.5, 0.6) is 0 Å². The summed E-state index contributed by atoms with van der Waals surface area (Å²) in [7, 11) is 0. The summed E-state index contributed by atoms with van der Waals surface area (Å²) in [6, 6.07) is 11.1. The second kappa shape index (κ2) is 4.61. The fraction of sp³-hybridized carbons (Fsp3) is 0.538. The Bertz CT molecular complexity index is 258. The SMILES string of the molecule is C[C@H](NCc1ccccc1)C(C)(C)C. The summed E-state index contributed by atoms with van der Waals surface area (Å²) in [6.07, 6.45) is 0. The zero-order valence-electron chi connectivity index (χ0n) is 9.67. The van der Waals surface area contributed by atoms with E-state index in [0.717, 1.165) is 6.54 Å². The maximum atomic E-state index is 3.54. The fourth-order valence-corrected chi connectivity index (χ4v) is 1.17. The van der Waals surface area contributed by atoms with Crippen LogP contribution in [0.15, 0.2) is 30.3 Å². The van der Waals surface area contributed by atoms with E-state index in [9.17, 15) is 0 Å². The van der Waals surface area contributed by atoms with Crippen LogP contribution in [0, 0.1) is 5.41 Å². The molecule has 0 aliphatic carbocycles. The first-order valence-electron chi connectivity index (χ1n) is 5.27. The van der Waals surface area contributed by atoms with E-state index >= 15 is 0 Å². The van der Waals surface area contributed by atoms with Crippen molar-refractivity contribution in [3.05, 3.63) is 35.9 Å². The number of rotatable bonds is 3. The largest absolute Gasteiger partial charge is 0.310 e. The molecule has 1 N–H and O–H groups in total. The van der Waals surface area contributed by atoms with Crippen LogP contribution in [0.1, 0.15) is 33.3 Å². The molecule has 1 aromatic carbocycles. The Morgan fingerprint density at radius 1 is 1.14 bits per heavy atom. The highest BCUT2D eigenvalue weighted by Gasteiger charge is 2.18. The van der Waals surface area contributed by atoms with Crippen molar-refractivity contribution in [1.82, 2.24) is 5.32 Å². The quantitative estimate of drug-likeness (QED) is 0.773. The molecule has 0 aromatic heterocycles. The van der Waals surface area contributed by atoms with Crippen LogP contribution in [-0.2, 0) is 6.54 Å². The normalized spacial score (nSPS) is 14.0. The van der Waals surface area contributed by atoms with Gasteiger partial charge in [0.2, 0.25) is 0 Å². The third kappa shape index (κ3) is 3.51. The Balaban J connectivity index is 2.42. The Morgan fingerprint density at radius 2 is 1.71 bits per heavy atom. The van der Waals surface area contributed by atoms with Crippen LogP contribution in [-0.4, -0.2) is 6.04 Å². The minimum atomic E-state index is 0.328. The number of nitrogens with one attached hydrogen (secondary N) is 1. The second-order valence-corrected chi connectivity index (χ2v) is 4.95. The lowest BCUT2D eigenvalue weighted by Crippen LogP contribution is -2.37. The smallest absolute Gasteiger partial charge is 0.0208 e. The van der Waals surface area contributed by atoms with Crippen molar-refractivity contribution < 1.29 is 0 Å². The lowest BCUT2D eigenvalue weighted by atomic mass is 9.88. The van der Waals surface area contributed by atoms with Gasteiger partial charge in [0, 0.05) is 12.6 Å². The zero-order chi connectivity index (χ0) is 10.6. The molecule has 14 heavy (non-hydrogen) atoms. The highest BCUT2D eigenvalue weighted by Crippen LogP contribution is 2.18. The summed E-state index contributed by atoms with van der Waals surface area (Å²) < 4.78 is 0. The van der Waals surface area contributed by atoms with E-state index in [4.69, 9.17) is 0 Å². The van der Waals surface area contributed by atoms with Gasteiger partial charge in [-0.25, -0.2) is 0 Å². The van der Waals surface area contributed by atoms with E-state index in [0.29, 0.717) is 11.5 Å². The van der Waals surface area contributed by atoms with Crippen molar-refractivity contribution in [3.63, 3.8) is 0 Å². The van der Waals surface area contributed by atoms with Crippen molar-refractivity contribution in [2.45, 2.75) is 40.3 Å². The average Bonchev–Trinajstić information content (AvgIpc) is 2.14. The third-order valence-corrected chi connectivity index (χ3v) is 2.75. The van der Waals surface area contributed by atoms with Gasteiger partial charge in [-0.2, -0.15) is 0 Å². The molecule has 0 amide bonds. The van der Waals surface area contributed by atoms with E-state index in [1.165, 1.54) is 5.56 Å². The molecule has 0 bridgehead atoms. The van der Waals surface area contributed by atoms with Gasteiger partial charge in [0.25, 0.3) is 0 Å². The number of hydrogen-bond acceptors (Lipinski definition) is 1. The molecule has 0 heterocycles. The second-order valence-electron chi connectivity index (χ2n) is 4.95. The topological polar surface area (TPSA) is 12.0 Å². The van der Waals surface area contributed by atoms with Gasteiger partial charge < -0.3 is 5.32 Å². The molecule has 0 unspecified atom stereocenters.